The average molecular weight is 356 g/mol. The van der Waals surface area contributed by atoms with E-state index in [1.807, 2.05) is 31.2 Å². The lowest BCUT2D eigenvalue weighted by atomic mass is 10.0. The highest BCUT2D eigenvalue weighted by Gasteiger charge is 2.23. The highest BCUT2D eigenvalue weighted by Crippen LogP contribution is 2.23. The van der Waals surface area contributed by atoms with E-state index in [9.17, 15) is 4.79 Å². The highest BCUT2D eigenvalue weighted by molar-refractivity contribution is 5.92. The predicted molar refractivity (Wildman–Crippen MR) is 97.2 cm³/mol. The average Bonchev–Trinajstić information content (AvgIpc) is 2.69. The van der Waals surface area contributed by atoms with Gasteiger partial charge in [0.2, 0.25) is 0 Å². The van der Waals surface area contributed by atoms with Gasteiger partial charge in [-0.15, -0.1) is 0 Å². The van der Waals surface area contributed by atoms with E-state index in [1.165, 1.54) is 6.33 Å². The maximum absolute atomic E-state index is 12.5. The molecule has 1 aromatic carbocycles. The summed E-state index contributed by atoms with van der Waals surface area (Å²) in [5.74, 6) is 0.622. The number of benzene rings is 1. The van der Waals surface area contributed by atoms with Gasteiger partial charge in [0.05, 0.1) is 26.4 Å². The number of hydrogen-bond donors (Lipinski definition) is 1. The molecule has 0 spiro atoms. The molecular weight excluding hydrogens is 332 g/mol. The van der Waals surface area contributed by atoms with Crippen molar-refractivity contribution in [2.75, 3.05) is 40.0 Å². The van der Waals surface area contributed by atoms with E-state index >= 15 is 0 Å². The number of amides is 1. The number of carbonyl (C=O) groups is 1. The number of nitrogens with zero attached hydrogens (tertiary/aromatic N) is 3. The summed E-state index contributed by atoms with van der Waals surface area (Å²) in [7, 11) is 1.65. The number of rotatable bonds is 6. The maximum atomic E-state index is 12.5. The molecule has 2 heterocycles. The fourth-order valence-electron chi connectivity index (χ4n) is 3.03. The van der Waals surface area contributed by atoms with Gasteiger partial charge in [0.25, 0.3) is 5.91 Å². The van der Waals surface area contributed by atoms with Crippen molar-refractivity contribution < 1.29 is 14.3 Å². The molecule has 0 aliphatic carbocycles. The van der Waals surface area contributed by atoms with E-state index < -0.39 is 0 Å². The molecule has 1 fully saturated rings. The van der Waals surface area contributed by atoms with E-state index in [4.69, 9.17) is 9.47 Å². The Hall–Kier alpha value is -2.51. The zero-order valence-corrected chi connectivity index (χ0v) is 15.1. The van der Waals surface area contributed by atoms with Crippen molar-refractivity contribution in [3.8, 4) is 5.75 Å². The normalized spacial score (nSPS) is 16.1. The number of ether oxygens (including phenoxy) is 2. The standard InChI is InChI=1S/C19H24N4O3/c1-14-11-17(22-13-21-14)19(24)20-12-18(23-7-9-26-10-8-23)15-3-5-16(25-2)6-4-15/h3-6,11,13,18H,7-10,12H2,1-2H3,(H,20,24)/t18-/m1/s1. The number of morpholine rings is 1. The largest absolute Gasteiger partial charge is 0.497 e. The van der Waals surface area contributed by atoms with Gasteiger partial charge in [-0.1, -0.05) is 12.1 Å². The van der Waals surface area contributed by atoms with Gasteiger partial charge < -0.3 is 14.8 Å². The summed E-state index contributed by atoms with van der Waals surface area (Å²) in [5, 5.41) is 3.01. The molecule has 0 unspecified atom stereocenters. The van der Waals surface area contributed by atoms with Crippen LogP contribution in [-0.2, 0) is 4.74 Å². The van der Waals surface area contributed by atoms with Crippen LogP contribution in [0.1, 0.15) is 27.8 Å². The van der Waals surface area contributed by atoms with Crippen LogP contribution in [0, 0.1) is 6.92 Å². The predicted octanol–water partition coefficient (Wildman–Crippen LogP) is 1.60. The monoisotopic (exact) mass is 356 g/mol. The maximum Gasteiger partial charge on any atom is 0.270 e. The SMILES string of the molecule is COc1ccc([C@@H](CNC(=O)c2cc(C)ncn2)N2CCOCC2)cc1. The van der Waals surface area contributed by atoms with E-state index in [-0.39, 0.29) is 11.9 Å². The third kappa shape index (κ3) is 4.56. The van der Waals surface area contributed by atoms with Gasteiger partial charge in [0, 0.05) is 25.3 Å². The molecule has 1 atom stereocenters. The lowest BCUT2D eigenvalue weighted by Crippen LogP contribution is -2.43. The number of nitrogens with one attached hydrogen (secondary N) is 1. The number of carbonyl (C=O) groups excluding carboxylic acids is 1. The Morgan fingerprint density at radius 2 is 2.00 bits per heavy atom. The van der Waals surface area contributed by atoms with Crippen LogP contribution in [-0.4, -0.2) is 60.7 Å². The Kier molecular flexibility index (Phi) is 6.14. The van der Waals surface area contributed by atoms with Crippen LogP contribution in [0.4, 0.5) is 0 Å². The topological polar surface area (TPSA) is 76.6 Å². The lowest BCUT2D eigenvalue weighted by molar-refractivity contribution is 0.0162. The van der Waals surface area contributed by atoms with Crippen molar-refractivity contribution in [2.24, 2.45) is 0 Å². The number of aryl methyl sites for hydroxylation is 1. The summed E-state index contributed by atoms with van der Waals surface area (Å²) >= 11 is 0. The summed E-state index contributed by atoms with van der Waals surface area (Å²) < 4.78 is 10.7. The molecule has 0 radical (unpaired) electrons. The second-order valence-electron chi connectivity index (χ2n) is 6.19. The molecule has 7 nitrogen and oxygen atoms in total. The molecular formula is C19H24N4O3. The van der Waals surface area contributed by atoms with Crippen molar-refractivity contribution in [2.45, 2.75) is 13.0 Å². The summed E-state index contributed by atoms with van der Waals surface area (Å²) in [5.41, 5.74) is 2.28. The molecule has 2 aromatic rings. The van der Waals surface area contributed by atoms with E-state index in [0.29, 0.717) is 25.5 Å². The molecule has 1 aliphatic heterocycles. The minimum Gasteiger partial charge on any atom is -0.497 e. The van der Waals surface area contributed by atoms with Crippen LogP contribution in [0.3, 0.4) is 0 Å². The molecule has 138 valence electrons. The fraction of sp³-hybridized carbons (Fsp3) is 0.421. The summed E-state index contributed by atoms with van der Waals surface area (Å²) in [6, 6.07) is 9.72. The molecule has 3 rings (SSSR count). The van der Waals surface area contributed by atoms with E-state index in [0.717, 1.165) is 30.1 Å². The first-order valence-corrected chi connectivity index (χ1v) is 8.70. The summed E-state index contributed by atoms with van der Waals surface area (Å²) in [6.45, 7) is 5.40. The summed E-state index contributed by atoms with van der Waals surface area (Å²) in [4.78, 5) is 22.9. The van der Waals surface area contributed by atoms with E-state index in [1.54, 1.807) is 13.2 Å². The van der Waals surface area contributed by atoms with Gasteiger partial charge in [-0.05, 0) is 30.7 Å². The van der Waals surface area contributed by atoms with Crippen molar-refractivity contribution >= 4 is 5.91 Å². The zero-order chi connectivity index (χ0) is 18.4. The number of hydrogen-bond acceptors (Lipinski definition) is 6. The minimum atomic E-state index is -0.192. The Labute approximate surface area is 153 Å². The van der Waals surface area contributed by atoms with Gasteiger partial charge in [0.1, 0.15) is 17.8 Å². The van der Waals surface area contributed by atoms with Crippen LogP contribution in [0.15, 0.2) is 36.7 Å². The van der Waals surface area contributed by atoms with Gasteiger partial charge in [0.15, 0.2) is 0 Å². The molecule has 1 aliphatic rings. The van der Waals surface area contributed by atoms with Gasteiger partial charge in [-0.25, -0.2) is 9.97 Å². The third-order valence-electron chi connectivity index (χ3n) is 4.48. The first kappa shape index (κ1) is 18.3. The molecule has 1 saturated heterocycles. The molecule has 0 saturated carbocycles. The third-order valence-corrected chi connectivity index (χ3v) is 4.48. The van der Waals surface area contributed by atoms with Crippen molar-refractivity contribution in [3.63, 3.8) is 0 Å². The number of aromatic nitrogens is 2. The second-order valence-corrected chi connectivity index (χ2v) is 6.19. The Morgan fingerprint density at radius 3 is 2.65 bits per heavy atom. The Morgan fingerprint density at radius 1 is 1.27 bits per heavy atom. The van der Waals surface area contributed by atoms with Crippen LogP contribution in [0.2, 0.25) is 0 Å². The molecule has 1 N–H and O–H groups in total. The quantitative estimate of drug-likeness (QED) is 0.847. The lowest BCUT2D eigenvalue weighted by Gasteiger charge is -2.35. The minimum absolute atomic E-state index is 0.0664. The van der Waals surface area contributed by atoms with Gasteiger partial charge in [-0.2, -0.15) is 0 Å². The molecule has 1 amide bonds. The zero-order valence-electron chi connectivity index (χ0n) is 15.1. The van der Waals surface area contributed by atoms with Crippen LogP contribution in [0.5, 0.6) is 5.75 Å². The van der Waals surface area contributed by atoms with Crippen LogP contribution >= 0.6 is 0 Å². The van der Waals surface area contributed by atoms with Crippen LogP contribution in [0.25, 0.3) is 0 Å². The Bertz CT molecular complexity index is 730. The fourth-order valence-corrected chi connectivity index (χ4v) is 3.03. The molecule has 1 aromatic heterocycles. The second kappa shape index (κ2) is 8.73. The first-order valence-electron chi connectivity index (χ1n) is 8.70. The van der Waals surface area contributed by atoms with Crippen LogP contribution < -0.4 is 10.1 Å². The smallest absolute Gasteiger partial charge is 0.270 e. The Balaban J connectivity index is 1.73. The van der Waals surface area contributed by atoms with Gasteiger partial charge in [-0.3, -0.25) is 9.69 Å². The van der Waals surface area contributed by atoms with Gasteiger partial charge >= 0.3 is 0 Å². The molecule has 0 bridgehead atoms. The van der Waals surface area contributed by atoms with Crippen molar-refractivity contribution in [1.29, 1.82) is 0 Å². The first-order chi connectivity index (χ1) is 12.7. The molecule has 26 heavy (non-hydrogen) atoms. The van der Waals surface area contributed by atoms with E-state index in [2.05, 4.69) is 20.2 Å². The van der Waals surface area contributed by atoms with Crippen molar-refractivity contribution in [3.05, 3.63) is 53.6 Å². The van der Waals surface area contributed by atoms with Crippen molar-refractivity contribution in [1.82, 2.24) is 20.2 Å². The molecule has 7 heteroatoms. The highest BCUT2D eigenvalue weighted by atomic mass is 16.5. The number of methoxy groups -OCH3 is 1. The summed E-state index contributed by atoms with van der Waals surface area (Å²) in [6.07, 6.45) is 1.41.